The maximum absolute atomic E-state index is 4.25. The Morgan fingerprint density at radius 1 is 0.704 bits per heavy atom. The first-order chi connectivity index (χ1) is 13.2. The van der Waals surface area contributed by atoms with Gasteiger partial charge in [0.1, 0.15) is 25.3 Å². The molecule has 0 aliphatic rings. The van der Waals surface area contributed by atoms with Gasteiger partial charge in [-0.25, -0.2) is 19.3 Å². The topological polar surface area (TPSA) is 61.4 Å². The molecule has 2 aromatic heterocycles. The van der Waals surface area contributed by atoms with Crippen molar-refractivity contribution >= 4 is 0 Å². The highest BCUT2D eigenvalue weighted by Crippen LogP contribution is 2.24. The maximum atomic E-state index is 4.25. The van der Waals surface area contributed by atoms with E-state index in [1.54, 1.807) is 34.7 Å². The van der Waals surface area contributed by atoms with Crippen LogP contribution in [0, 0.1) is 13.8 Å². The summed E-state index contributed by atoms with van der Waals surface area (Å²) < 4.78 is 3.61. The zero-order chi connectivity index (χ0) is 19.2. The largest absolute Gasteiger partial charge is 0.223 e. The Morgan fingerprint density at radius 2 is 1.15 bits per heavy atom. The van der Waals surface area contributed by atoms with E-state index in [0.717, 1.165) is 17.8 Å². The van der Waals surface area contributed by atoms with E-state index in [1.165, 1.54) is 22.3 Å². The third kappa shape index (κ3) is 3.79. The molecular weight excluding hydrogens is 336 g/mol. The Balaban J connectivity index is 0.00000102. The molecule has 0 radical (unpaired) electrons. The van der Waals surface area contributed by atoms with Crippen LogP contribution in [-0.4, -0.2) is 29.5 Å². The lowest BCUT2D eigenvalue weighted by atomic mass is 9.96. The number of nitrogens with zero attached hydrogens (tertiary/aromatic N) is 6. The molecule has 0 aliphatic heterocycles. The van der Waals surface area contributed by atoms with Gasteiger partial charge in [0.2, 0.25) is 0 Å². The third-order valence-electron chi connectivity index (χ3n) is 4.55. The van der Waals surface area contributed by atoms with Gasteiger partial charge in [0.15, 0.2) is 0 Å². The molecule has 27 heavy (non-hydrogen) atoms. The summed E-state index contributed by atoms with van der Waals surface area (Å²) in [6, 6.07) is 12.6. The van der Waals surface area contributed by atoms with Crippen LogP contribution in [0.2, 0.25) is 0 Å². The molecule has 0 bridgehead atoms. The van der Waals surface area contributed by atoms with Crippen molar-refractivity contribution in [2.75, 3.05) is 0 Å². The van der Waals surface area contributed by atoms with E-state index in [0.29, 0.717) is 0 Å². The first-order valence-electron chi connectivity index (χ1n) is 9.11. The molecule has 4 aromatic rings. The van der Waals surface area contributed by atoms with Crippen molar-refractivity contribution in [2.24, 2.45) is 0 Å². The van der Waals surface area contributed by atoms with Gasteiger partial charge >= 0.3 is 0 Å². The van der Waals surface area contributed by atoms with E-state index in [-0.39, 0.29) is 0 Å². The predicted octanol–water partition coefficient (Wildman–Crippen LogP) is 4.08. The molecule has 138 valence electrons. The summed E-state index contributed by atoms with van der Waals surface area (Å²) in [7, 11) is 0. The molecule has 0 saturated carbocycles. The normalized spacial score (nSPS) is 10.4. The van der Waals surface area contributed by atoms with Crippen molar-refractivity contribution in [3.63, 3.8) is 0 Å². The van der Waals surface area contributed by atoms with Crippen molar-refractivity contribution in [1.29, 1.82) is 0 Å². The van der Waals surface area contributed by atoms with E-state index >= 15 is 0 Å². The van der Waals surface area contributed by atoms with Gasteiger partial charge < -0.3 is 0 Å². The van der Waals surface area contributed by atoms with Crippen molar-refractivity contribution in [2.45, 2.75) is 34.1 Å². The minimum absolute atomic E-state index is 0.850. The van der Waals surface area contributed by atoms with Gasteiger partial charge in [-0.1, -0.05) is 38.1 Å². The van der Waals surface area contributed by atoms with Crippen LogP contribution in [-0.2, 0) is 6.42 Å². The molecule has 6 nitrogen and oxygen atoms in total. The number of aromatic nitrogens is 6. The fourth-order valence-electron chi connectivity index (χ4n) is 3.09. The Morgan fingerprint density at radius 3 is 1.52 bits per heavy atom. The van der Waals surface area contributed by atoms with Crippen LogP contribution in [0.1, 0.15) is 36.1 Å². The Kier molecular flexibility index (Phi) is 5.76. The smallest absolute Gasteiger partial charge is 0.138 e. The molecule has 0 amide bonds. The van der Waals surface area contributed by atoms with E-state index in [9.17, 15) is 0 Å². The molecule has 0 spiro atoms. The summed E-state index contributed by atoms with van der Waals surface area (Å²) in [4.78, 5) is 8.09. The molecule has 0 atom stereocenters. The van der Waals surface area contributed by atoms with E-state index < -0.39 is 0 Å². The van der Waals surface area contributed by atoms with Gasteiger partial charge in [0.05, 0.1) is 11.4 Å². The minimum atomic E-state index is 0.850. The summed E-state index contributed by atoms with van der Waals surface area (Å²) in [5.41, 5.74) is 7.07. The van der Waals surface area contributed by atoms with Gasteiger partial charge in [-0.3, -0.25) is 0 Å². The van der Waals surface area contributed by atoms with E-state index in [2.05, 4.69) is 70.4 Å². The fraction of sp³-hybridized carbons (Fsp3) is 0.238. The Labute approximate surface area is 159 Å². The lowest BCUT2D eigenvalue weighted by Crippen LogP contribution is -2.04. The lowest BCUT2D eigenvalue weighted by Gasteiger charge is -2.14. The van der Waals surface area contributed by atoms with Gasteiger partial charge in [-0.15, -0.1) is 0 Å². The number of rotatable bonds is 4. The number of hydrogen-bond donors (Lipinski definition) is 0. The zero-order valence-corrected chi connectivity index (χ0v) is 16.2. The molecule has 2 heterocycles. The van der Waals surface area contributed by atoms with Crippen LogP contribution in [0.3, 0.4) is 0 Å². The monoisotopic (exact) mass is 360 g/mol. The van der Waals surface area contributed by atoms with Crippen LogP contribution in [0.5, 0.6) is 0 Å². The van der Waals surface area contributed by atoms with Crippen molar-refractivity contribution in [3.05, 3.63) is 84.0 Å². The summed E-state index contributed by atoms with van der Waals surface area (Å²) >= 11 is 0. The third-order valence-corrected chi connectivity index (χ3v) is 4.55. The van der Waals surface area contributed by atoms with E-state index in [1.807, 2.05) is 13.8 Å². The highest BCUT2D eigenvalue weighted by atomic mass is 15.3. The molecular formula is C21H24N6. The second kappa shape index (κ2) is 8.40. The maximum Gasteiger partial charge on any atom is 0.138 e. The van der Waals surface area contributed by atoms with Gasteiger partial charge in [-0.2, -0.15) is 10.2 Å². The zero-order valence-electron chi connectivity index (χ0n) is 16.2. The number of benzene rings is 2. The Hall–Kier alpha value is -3.28. The first kappa shape index (κ1) is 18.5. The van der Waals surface area contributed by atoms with Crippen LogP contribution in [0.4, 0.5) is 0 Å². The van der Waals surface area contributed by atoms with Crippen molar-refractivity contribution in [3.8, 4) is 11.4 Å². The molecule has 0 aliphatic carbocycles. The van der Waals surface area contributed by atoms with Crippen LogP contribution >= 0.6 is 0 Å². The fourth-order valence-corrected chi connectivity index (χ4v) is 3.09. The van der Waals surface area contributed by atoms with Gasteiger partial charge in [-0.05, 0) is 54.7 Å². The SMILES string of the molecule is CC.Cc1c(Cc2cccc(-n3cncn3)c2C)cccc1-n1cncn1. The average Bonchev–Trinajstić information content (AvgIpc) is 3.40. The van der Waals surface area contributed by atoms with Crippen LogP contribution < -0.4 is 0 Å². The predicted molar refractivity (Wildman–Crippen MR) is 106 cm³/mol. The molecule has 4 rings (SSSR count). The standard InChI is InChI=1S/C19H18N6.C2H6/c1-14-16(5-3-7-18(14)24-12-20-10-22-24)9-17-6-4-8-19(15(17)2)25-13-21-11-23-25;1-2/h3-8,10-13H,9H2,1-2H3;1-2H3. The highest BCUT2D eigenvalue weighted by Gasteiger charge is 2.11. The average molecular weight is 360 g/mol. The second-order valence-electron chi connectivity index (χ2n) is 5.98. The Bertz CT molecular complexity index is 906. The van der Waals surface area contributed by atoms with Crippen LogP contribution in [0.25, 0.3) is 11.4 Å². The molecule has 0 saturated heterocycles. The van der Waals surface area contributed by atoms with Gasteiger partial charge in [0.25, 0.3) is 0 Å². The molecule has 0 N–H and O–H groups in total. The molecule has 0 fully saturated rings. The lowest BCUT2D eigenvalue weighted by molar-refractivity contribution is 0.862. The van der Waals surface area contributed by atoms with Crippen molar-refractivity contribution in [1.82, 2.24) is 29.5 Å². The molecule has 6 heteroatoms. The minimum Gasteiger partial charge on any atom is -0.223 e. The first-order valence-corrected chi connectivity index (χ1v) is 9.11. The molecule has 2 aromatic carbocycles. The quantitative estimate of drug-likeness (QED) is 0.550. The van der Waals surface area contributed by atoms with E-state index in [4.69, 9.17) is 0 Å². The highest BCUT2D eigenvalue weighted by molar-refractivity contribution is 5.50. The summed E-state index contributed by atoms with van der Waals surface area (Å²) in [5, 5.41) is 8.50. The molecule has 0 unspecified atom stereocenters. The van der Waals surface area contributed by atoms with Crippen molar-refractivity contribution < 1.29 is 0 Å². The summed E-state index contributed by atoms with van der Waals surface area (Å²) in [6.07, 6.45) is 7.41. The van der Waals surface area contributed by atoms with Gasteiger partial charge in [0, 0.05) is 0 Å². The second-order valence-corrected chi connectivity index (χ2v) is 5.98. The number of hydrogen-bond acceptors (Lipinski definition) is 4. The summed E-state index contributed by atoms with van der Waals surface area (Å²) in [6.45, 7) is 8.26. The summed E-state index contributed by atoms with van der Waals surface area (Å²) in [5.74, 6) is 0. The van der Waals surface area contributed by atoms with Crippen LogP contribution in [0.15, 0.2) is 61.7 Å².